The summed E-state index contributed by atoms with van der Waals surface area (Å²) in [7, 11) is 0. The maximum atomic E-state index is 14.0. The van der Waals surface area contributed by atoms with Gasteiger partial charge in [-0.25, -0.2) is 9.97 Å². The van der Waals surface area contributed by atoms with E-state index in [-0.39, 0.29) is 73.0 Å². The molecule has 20 heteroatoms. The molecule has 0 saturated heterocycles. The van der Waals surface area contributed by atoms with Crippen LogP contribution in [0.15, 0.2) is 36.4 Å². The van der Waals surface area contributed by atoms with Gasteiger partial charge < -0.3 is 40.3 Å². The maximum Gasteiger partial charge on any atom is 0.276 e. The highest BCUT2D eigenvalue weighted by atomic mass is 16.5. The van der Waals surface area contributed by atoms with E-state index >= 15 is 0 Å². The van der Waals surface area contributed by atoms with Crippen molar-refractivity contribution >= 4 is 57.6 Å². The number of fused-ring (bicyclic) bond motifs is 2. The van der Waals surface area contributed by atoms with E-state index < -0.39 is 23.6 Å². The van der Waals surface area contributed by atoms with Gasteiger partial charge in [0.15, 0.2) is 0 Å². The fraction of sp³-hybridized carbons (Fsp3) is 0.415. The fourth-order valence-electron chi connectivity index (χ4n) is 7.95. The number of nitrogens with two attached hydrogens (primary N) is 2. The van der Waals surface area contributed by atoms with E-state index in [9.17, 15) is 29.4 Å². The van der Waals surface area contributed by atoms with Crippen LogP contribution >= 0.6 is 0 Å². The molecule has 0 radical (unpaired) electrons. The summed E-state index contributed by atoms with van der Waals surface area (Å²) < 4.78 is 19.3. The topological polar surface area (TPSA) is 275 Å². The van der Waals surface area contributed by atoms with Gasteiger partial charge in [-0.2, -0.15) is 10.2 Å². The van der Waals surface area contributed by atoms with Crippen molar-refractivity contribution in [2.75, 3.05) is 37.1 Å². The molecule has 1 fully saturated rings. The first-order valence-corrected chi connectivity index (χ1v) is 20.3. The number of aromatic nitrogens is 8. The van der Waals surface area contributed by atoms with Crippen molar-refractivity contribution in [1.29, 1.82) is 0 Å². The van der Waals surface area contributed by atoms with Gasteiger partial charge in [0.2, 0.25) is 23.7 Å². The van der Waals surface area contributed by atoms with Crippen LogP contribution in [0.4, 0.5) is 11.9 Å². The average molecular weight is 839 g/mol. The van der Waals surface area contributed by atoms with E-state index in [0.717, 1.165) is 0 Å². The highest BCUT2D eigenvalue weighted by molar-refractivity contribution is 6.05. The van der Waals surface area contributed by atoms with Crippen molar-refractivity contribution in [3.63, 3.8) is 0 Å². The van der Waals surface area contributed by atoms with Gasteiger partial charge in [-0.1, -0.05) is 0 Å². The summed E-state index contributed by atoms with van der Waals surface area (Å²) in [6.07, 6.45) is 2.10. The molecule has 2 aromatic carbocycles. The molecule has 2 unspecified atom stereocenters. The monoisotopic (exact) mass is 838 g/mol. The molecule has 8 N–H and O–H groups in total. The van der Waals surface area contributed by atoms with Crippen molar-refractivity contribution in [2.45, 2.75) is 85.0 Å². The van der Waals surface area contributed by atoms with Crippen LogP contribution in [0.5, 0.6) is 11.5 Å². The van der Waals surface area contributed by atoms with E-state index in [1.165, 1.54) is 12.1 Å². The number of hydrogen-bond donors (Lipinski definition) is 6. The Hall–Kier alpha value is -6.80. The predicted molar refractivity (Wildman–Crippen MR) is 224 cm³/mol. The number of rotatable bonds is 18. The van der Waals surface area contributed by atoms with Crippen molar-refractivity contribution in [3.05, 3.63) is 70.3 Å². The lowest BCUT2D eigenvalue weighted by atomic mass is 10.1. The standard InChI is InChI=1S/C41H50N12O8/c1-5-50-30(15-22(3)48-50)38(58)46-40-44-28-17-24(36(42)56)19-32(60-13-7-11-54)34(28)52(40)26-9-10-27(21-26)53-35-29(18-25(37(43)57)20-33(35)61-14-8-12-55)45-41(53)47-39(59)31-16-23(4)49-51(31)6-2/h15-20,26-27,54-55H,5-14,21H2,1-4H3,(H2,42,56)(H2,43,57)(H,44,46,58)(H,45,47,59). The lowest BCUT2D eigenvalue weighted by Crippen LogP contribution is -2.22. The molecule has 2 atom stereocenters. The van der Waals surface area contributed by atoms with E-state index in [0.29, 0.717) is 90.0 Å². The number of imidazole rings is 2. The first-order chi connectivity index (χ1) is 29.3. The van der Waals surface area contributed by atoms with E-state index in [4.69, 9.17) is 30.9 Å². The third-order valence-corrected chi connectivity index (χ3v) is 10.6. The summed E-state index contributed by atoms with van der Waals surface area (Å²) in [5.74, 6) is -1.36. The molecule has 1 saturated carbocycles. The normalized spacial score (nSPS) is 15.1. The summed E-state index contributed by atoms with van der Waals surface area (Å²) in [4.78, 5) is 62.7. The second kappa shape index (κ2) is 17.8. The minimum atomic E-state index is -0.701. The number of benzene rings is 2. The Morgan fingerprint density at radius 3 is 1.46 bits per heavy atom. The molecule has 1 aliphatic carbocycles. The van der Waals surface area contributed by atoms with Gasteiger partial charge >= 0.3 is 0 Å². The minimum Gasteiger partial charge on any atom is -0.491 e. The third kappa shape index (κ3) is 8.49. The number of amides is 4. The molecule has 1 aliphatic rings. The van der Waals surface area contributed by atoms with Crippen LogP contribution in [-0.4, -0.2) is 98.9 Å². The fourth-order valence-corrected chi connectivity index (χ4v) is 7.95. The molecule has 322 valence electrons. The number of anilines is 2. The summed E-state index contributed by atoms with van der Waals surface area (Å²) >= 11 is 0. The molecule has 6 aromatic rings. The zero-order valence-corrected chi connectivity index (χ0v) is 34.5. The van der Waals surface area contributed by atoms with Gasteiger partial charge in [-0.3, -0.25) is 39.2 Å². The summed E-state index contributed by atoms with van der Waals surface area (Å²) in [5, 5.41) is 34.0. The number of aryl methyl sites for hydroxylation is 4. The summed E-state index contributed by atoms with van der Waals surface area (Å²) in [6, 6.07) is 8.78. The highest BCUT2D eigenvalue weighted by Crippen LogP contribution is 2.46. The van der Waals surface area contributed by atoms with Gasteiger partial charge in [0.1, 0.15) is 33.9 Å². The second-order valence-electron chi connectivity index (χ2n) is 14.9. The number of nitrogens with one attached hydrogen (secondary N) is 2. The maximum absolute atomic E-state index is 14.0. The Labute approximate surface area is 349 Å². The second-order valence-corrected chi connectivity index (χ2v) is 14.9. The SMILES string of the molecule is CCn1nc(C)cc1C(=O)Nc1nc2cc(C(N)=O)cc(OCCCO)c2n1C1CCC(n2c(NC(=O)c3cc(C)nn3CC)nc3cc(C(N)=O)cc(OCCCO)c32)C1. The number of carbonyl (C=O) groups is 4. The molecule has 0 aliphatic heterocycles. The van der Waals surface area contributed by atoms with E-state index in [1.807, 2.05) is 23.0 Å². The first kappa shape index (κ1) is 42.3. The lowest BCUT2D eigenvalue weighted by molar-refractivity contribution is 0.0991. The van der Waals surface area contributed by atoms with Crippen LogP contribution in [0.25, 0.3) is 22.1 Å². The van der Waals surface area contributed by atoms with Crippen LogP contribution in [0.2, 0.25) is 0 Å². The Morgan fingerprint density at radius 2 is 1.10 bits per heavy atom. The number of hydrogen-bond acceptors (Lipinski definition) is 12. The Balaban J connectivity index is 1.37. The highest BCUT2D eigenvalue weighted by Gasteiger charge is 2.36. The Kier molecular flexibility index (Phi) is 12.4. The molecule has 4 aromatic heterocycles. The number of aliphatic hydroxyl groups is 2. The van der Waals surface area contributed by atoms with Crippen LogP contribution in [-0.2, 0) is 13.1 Å². The lowest BCUT2D eigenvalue weighted by Gasteiger charge is -2.21. The van der Waals surface area contributed by atoms with E-state index in [2.05, 4.69) is 20.8 Å². The van der Waals surface area contributed by atoms with E-state index in [1.54, 1.807) is 47.5 Å². The number of carbonyl (C=O) groups excluding carboxylic acids is 4. The summed E-state index contributed by atoms with van der Waals surface area (Å²) in [6.45, 7) is 8.25. The quantitative estimate of drug-likeness (QED) is 0.0678. The van der Waals surface area contributed by atoms with Crippen molar-refractivity contribution in [1.82, 2.24) is 38.7 Å². The van der Waals surface area contributed by atoms with Gasteiger partial charge in [-0.15, -0.1) is 0 Å². The zero-order valence-electron chi connectivity index (χ0n) is 34.5. The van der Waals surface area contributed by atoms with Crippen molar-refractivity contribution in [2.24, 2.45) is 11.5 Å². The zero-order chi connectivity index (χ0) is 43.5. The molecule has 7 rings (SSSR count). The van der Waals surface area contributed by atoms with Gasteiger partial charge in [0.05, 0.1) is 35.6 Å². The molecule has 20 nitrogen and oxygen atoms in total. The molecule has 4 heterocycles. The van der Waals surface area contributed by atoms with Gasteiger partial charge in [-0.05, 0) is 83.4 Å². The molecular weight excluding hydrogens is 789 g/mol. The van der Waals surface area contributed by atoms with Crippen LogP contribution < -0.4 is 31.6 Å². The minimum absolute atomic E-state index is 0.121. The predicted octanol–water partition coefficient (Wildman–Crippen LogP) is 3.63. The molecular formula is C41H50N12O8. The number of nitrogens with zero attached hydrogens (tertiary/aromatic N) is 8. The number of aliphatic hydroxyl groups excluding tert-OH is 2. The van der Waals surface area contributed by atoms with Crippen molar-refractivity contribution < 1.29 is 38.9 Å². The van der Waals surface area contributed by atoms with Crippen LogP contribution in [0.1, 0.15) is 111 Å². The largest absolute Gasteiger partial charge is 0.491 e. The number of ether oxygens (including phenoxy) is 2. The Morgan fingerprint density at radius 1 is 0.689 bits per heavy atom. The van der Waals surface area contributed by atoms with Gasteiger partial charge in [0, 0.05) is 62.4 Å². The van der Waals surface area contributed by atoms with Crippen LogP contribution in [0.3, 0.4) is 0 Å². The van der Waals surface area contributed by atoms with Crippen LogP contribution in [0, 0.1) is 13.8 Å². The third-order valence-electron chi connectivity index (χ3n) is 10.6. The first-order valence-electron chi connectivity index (χ1n) is 20.3. The van der Waals surface area contributed by atoms with Gasteiger partial charge in [0.25, 0.3) is 11.8 Å². The molecule has 0 spiro atoms. The summed E-state index contributed by atoms with van der Waals surface area (Å²) in [5.41, 5.74) is 15.4. The molecule has 4 amide bonds. The van der Waals surface area contributed by atoms with Crippen molar-refractivity contribution in [3.8, 4) is 11.5 Å². The number of primary amides is 2. The Bertz CT molecular complexity index is 2460. The molecule has 0 bridgehead atoms. The molecule has 61 heavy (non-hydrogen) atoms. The average Bonchev–Trinajstić information content (AvgIpc) is 4.06. The smallest absolute Gasteiger partial charge is 0.276 e.